The second kappa shape index (κ2) is 3.56. The average molecular weight is 245 g/mol. The van der Waals surface area contributed by atoms with E-state index in [9.17, 15) is 14.8 Å². The quantitative estimate of drug-likeness (QED) is 0.755. The standard InChI is InChI=1S/C12H11N3O3/c1-6(16)15-5-4-7-2-3-8-9(11(7)15)13-12(17)10(8)14-18/h2-3,13,17H,4-5H2,1H3. The first-order chi connectivity index (χ1) is 8.63. The Morgan fingerprint density at radius 2 is 2.28 bits per heavy atom. The van der Waals surface area contributed by atoms with Gasteiger partial charge in [0.05, 0.1) is 11.2 Å². The minimum Gasteiger partial charge on any atom is -0.493 e. The van der Waals surface area contributed by atoms with Gasteiger partial charge in [0, 0.05) is 18.9 Å². The second-order valence-corrected chi connectivity index (χ2v) is 4.33. The monoisotopic (exact) mass is 245 g/mol. The van der Waals surface area contributed by atoms with Gasteiger partial charge in [0.1, 0.15) is 0 Å². The molecule has 1 amide bonds. The number of anilines is 1. The first-order valence-electron chi connectivity index (χ1n) is 5.61. The molecule has 0 radical (unpaired) electrons. The predicted octanol–water partition coefficient (Wildman–Crippen LogP) is 2.18. The lowest BCUT2D eigenvalue weighted by Gasteiger charge is -2.15. The fraction of sp³-hybridized carbons (Fsp3) is 0.250. The van der Waals surface area contributed by atoms with Gasteiger partial charge in [0.15, 0.2) is 5.69 Å². The number of benzene rings is 1. The number of aromatic amines is 1. The van der Waals surface area contributed by atoms with Crippen molar-refractivity contribution in [3.63, 3.8) is 0 Å². The van der Waals surface area contributed by atoms with Crippen molar-refractivity contribution < 1.29 is 9.90 Å². The second-order valence-electron chi connectivity index (χ2n) is 4.33. The molecule has 2 N–H and O–H groups in total. The lowest BCUT2D eigenvalue weighted by atomic mass is 10.1. The normalized spacial score (nSPS) is 13.9. The number of hydrogen-bond acceptors (Lipinski definition) is 4. The molecule has 3 rings (SSSR count). The Hall–Kier alpha value is -2.37. The van der Waals surface area contributed by atoms with E-state index in [-0.39, 0.29) is 17.5 Å². The number of H-pyrrole nitrogens is 1. The van der Waals surface area contributed by atoms with Gasteiger partial charge >= 0.3 is 0 Å². The third kappa shape index (κ3) is 1.25. The molecule has 1 aliphatic heterocycles. The van der Waals surface area contributed by atoms with Crippen molar-refractivity contribution >= 4 is 28.2 Å². The van der Waals surface area contributed by atoms with E-state index in [4.69, 9.17) is 0 Å². The van der Waals surface area contributed by atoms with Crippen LogP contribution in [0, 0.1) is 4.91 Å². The highest BCUT2D eigenvalue weighted by Gasteiger charge is 2.27. The molecule has 1 aromatic heterocycles. The van der Waals surface area contributed by atoms with Gasteiger partial charge in [0.25, 0.3) is 0 Å². The Morgan fingerprint density at radius 1 is 1.50 bits per heavy atom. The van der Waals surface area contributed by atoms with Crippen LogP contribution in [0.15, 0.2) is 17.3 Å². The minimum atomic E-state index is -0.260. The minimum absolute atomic E-state index is 0.0109. The summed E-state index contributed by atoms with van der Waals surface area (Å²) >= 11 is 0. The van der Waals surface area contributed by atoms with Crippen molar-refractivity contribution in [1.82, 2.24) is 4.98 Å². The smallest absolute Gasteiger partial charge is 0.223 e. The number of nitrogens with one attached hydrogen (secondary N) is 1. The molecular formula is C12H11N3O3. The molecule has 0 saturated carbocycles. The van der Waals surface area contributed by atoms with Gasteiger partial charge in [-0.15, -0.1) is 4.91 Å². The molecule has 1 aromatic carbocycles. The number of fused-ring (bicyclic) bond motifs is 3. The molecule has 2 heterocycles. The predicted molar refractivity (Wildman–Crippen MR) is 67.1 cm³/mol. The summed E-state index contributed by atoms with van der Waals surface area (Å²) in [5.41, 5.74) is 2.34. The number of nitrogens with zero attached hydrogens (tertiary/aromatic N) is 2. The zero-order valence-electron chi connectivity index (χ0n) is 9.73. The summed E-state index contributed by atoms with van der Waals surface area (Å²) in [6.07, 6.45) is 0.772. The average Bonchev–Trinajstić information content (AvgIpc) is 2.87. The number of carbonyl (C=O) groups excluding carboxylic acids is 1. The third-order valence-electron chi connectivity index (χ3n) is 3.33. The van der Waals surface area contributed by atoms with E-state index >= 15 is 0 Å². The lowest BCUT2D eigenvalue weighted by Crippen LogP contribution is -2.25. The zero-order valence-corrected chi connectivity index (χ0v) is 9.73. The molecule has 0 atom stereocenters. The van der Waals surface area contributed by atoms with E-state index in [2.05, 4.69) is 10.2 Å². The highest BCUT2D eigenvalue weighted by molar-refractivity contribution is 6.08. The molecule has 1 aliphatic rings. The molecule has 18 heavy (non-hydrogen) atoms. The first-order valence-corrected chi connectivity index (χ1v) is 5.61. The summed E-state index contributed by atoms with van der Waals surface area (Å²) < 4.78 is 0. The number of rotatable bonds is 1. The van der Waals surface area contributed by atoms with Crippen molar-refractivity contribution in [1.29, 1.82) is 0 Å². The fourth-order valence-electron chi connectivity index (χ4n) is 2.52. The van der Waals surface area contributed by atoms with Crippen molar-refractivity contribution in [3.05, 3.63) is 22.6 Å². The number of nitroso groups, excluding NO2 is 1. The summed E-state index contributed by atoms with van der Waals surface area (Å²) in [6, 6.07) is 3.60. The largest absolute Gasteiger partial charge is 0.493 e. The van der Waals surface area contributed by atoms with Crippen molar-refractivity contribution in [2.24, 2.45) is 5.18 Å². The highest BCUT2D eigenvalue weighted by Crippen LogP contribution is 2.42. The number of aromatic hydroxyl groups is 1. The number of carbonyl (C=O) groups is 1. The van der Waals surface area contributed by atoms with Crippen molar-refractivity contribution in [3.8, 4) is 5.88 Å². The zero-order chi connectivity index (χ0) is 12.9. The number of amides is 1. The van der Waals surface area contributed by atoms with Crippen LogP contribution in [0.1, 0.15) is 12.5 Å². The van der Waals surface area contributed by atoms with Crippen LogP contribution in [0.4, 0.5) is 11.4 Å². The van der Waals surface area contributed by atoms with E-state index in [1.807, 2.05) is 6.07 Å². The number of aromatic nitrogens is 1. The summed E-state index contributed by atoms with van der Waals surface area (Å²) in [5, 5.41) is 13.0. The van der Waals surface area contributed by atoms with Crippen LogP contribution in [-0.2, 0) is 11.2 Å². The Bertz CT molecular complexity index is 675. The Morgan fingerprint density at radius 3 is 2.94 bits per heavy atom. The number of hydrogen-bond donors (Lipinski definition) is 2. The highest BCUT2D eigenvalue weighted by atomic mass is 16.3. The van der Waals surface area contributed by atoms with Gasteiger partial charge in [0.2, 0.25) is 11.8 Å². The maximum absolute atomic E-state index is 11.6. The van der Waals surface area contributed by atoms with Crippen LogP contribution in [0.3, 0.4) is 0 Å². The van der Waals surface area contributed by atoms with Crippen molar-refractivity contribution in [2.75, 3.05) is 11.4 Å². The summed E-state index contributed by atoms with van der Waals surface area (Å²) in [6.45, 7) is 2.11. The van der Waals surface area contributed by atoms with Gasteiger partial charge in [-0.2, -0.15) is 0 Å². The molecule has 2 aromatic rings. The first kappa shape index (κ1) is 10.8. The Balaban J connectivity index is 2.36. The molecule has 0 saturated heterocycles. The summed E-state index contributed by atoms with van der Waals surface area (Å²) in [4.78, 5) is 26.7. The molecule has 0 unspecified atom stereocenters. The fourth-order valence-corrected chi connectivity index (χ4v) is 2.52. The third-order valence-corrected chi connectivity index (χ3v) is 3.33. The van der Waals surface area contributed by atoms with E-state index in [1.54, 1.807) is 11.0 Å². The van der Waals surface area contributed by atoms with Gasteiger partial charge in [-0.25, -0.2) is 0 Å². The molecule has 6 nitrogen and oxygen atoms in total. The van der Waals surface area contributed by atoms with Crippen LogP contribution in [0.5, 0.6) is 5.88 Å². The maximum Gasteiger partial charge on any atom is 0.223 e. The summed E-state index contributed by atoms with van der Waals surface area (Å²) in [5.74, 6) is -0.320. The molecule has 0 spiro atoms. The molecule has 0 aliphatic carbocycles. The molecule has 0 fully saturated rings. The van der Waals surface area contributed by atoms with Crippen LogP contribution in [-0.4, -0.2) is 22.5 Å². The Labute approximate surface area is 102 Å². The van der Waals surface area contributed by atoms with Gasteiger partial charge in [-0.3, -0.25) is 4.79 Å². The van der Waals surface area contributed by atoms with Gasteiger partial charge in [-0.05, 0) is 23.2 Å². The van der Waals surface area contributed by atoms with Crippen LogP contribution >= 0.6 is 0 Å². The van der Waals surface area contributed by atoms with Crippen LogP contribution in [0.2, 0.25) is 0 Å². The summed E-state index contributed by atoms with van der Waals surface area (Å²) in [7, 11) is 0. The van der Waals surface area contributed by atoms with Crippen LogP contribution < -0.4 is 4.90 Å². The SMILES string of the molecule is CC(=O)N1CCc2ccc3c(N=O)c(O)[nH]c3c21. The van der Waals surface area contributed by atoms with E-state index in [0.717, 1.165) is 17.7 Å². The van der Waals surface area contributed by atoms with Gasteiger partial charge < -0.3 is 15.0 Å². The lowest BCUT2D eigenvalue weighted by molar-refractivity contribution is -0.116. The Kier molecular flexibility index (Phi) is 2.13. The van der Waals surface area contributed by atoms with Gasteiger partial charge in [-0.1, -0.05) is 6.07 Å². The molecule has 0 bridgehead atoms. The molecule has 92 valence electrons. The van der Waals surface area contributed by atoms with Crippen molar-refractivity contribution in [2.45, 2.75) is 13.3 Å². The van der Waals surface area contributed by atoms with E-state index in [0.29, 0.717) is 17.4 Å². The topological polar surface area (TPSA) is 85.8 Å². The van der Waals surface area contributed by atoms with E-state index in [1.165, 1.54) is 6.92 Å². The van der Waals surface area contributed by atoms with Crippen LogP contribution in [0.25, 0.3) is 10.9 Å². The van der Waals surface area contributed by atoms with E-state index < -0.39 is 0 Å². The molecular weight excluding hydrogens is 234 g/mol. The molecule has 6 heteroatoms. The maximum atomic E-state index is 11.6.